The van der Waals surface area contributed by atoms with Crippen LogP contribution in [0.1, 0.15) is 120 Å². The number of carbonyl (C=O) groups excluding carboxylic acids is 2. The predicted octanol–water partition coefficient (Wildman–Crippen LogP) is 8.22. The lowest BCUT2D eigenvalue weighted by Crippen LogP contribution is -2.67. The molecule has 5 fully saturated rings. The summed E-state index contributed by atoms with van der Waals surface area (Å²) in [4.78, 5) is 23.3. The van der Waals surface area contributed by atoms with Crippen molar-refractivity contribution in [3.63, 3.8) is 0 Å². The van der Waals surface area contributed by atoms with E-state index in [1.54, 1.807) is 6.92 Å². The quantitative estimate of drug-likeness (QED) is 0.215. The van der Waals surface area contributed by atoms with Gasteiger partial charge in [-0.25, -0.2) is 0 Å². The van der Waals surface area contributed by atoms with Gasteiger partial charge in [-0.15, -0.1) is 11.6 Å². The Morgan fingerprint density at radius 2 is 1.56 bits per heavy atom. The maximum atomic E-state index is 12.1. The highest BCUT2D eigenvalue weighted by molar-refractivity contribution is 6.31. The van der Waals surface area contributed by atoms with Gasteiger partial charge >= 0.3 is 5.97 Å². The molecule has 0 amide bonds. The van der Waals surface area contributed by atoms with E-state index >= 15 is 0 Å². The van der Waals surface area contributed by atoms with Gasteiger partial charge in [0.25, 0.3) is 0 Å². The van der Waals surface area contributed by atoms with E-state index in [1.807, 2.05) is 6.92 Å². The number of hydrogen-bond donors (Lipinski definition) is 0. The lowest BCUT2D eigenvalue weighted by molar-refractivity contribution is -0.249. The average Bonchev–Trinajstić information content (AvgIpc) is 3.14. The molecular weight excluding hydrogens is 468 g/mol. The molecular formula is C32H51ClO3. The van der Waals surface area contributed by atoms with Crippen molar-refractivity contribution in [2.75, 3.05) is 0 Å². The van der Waals surface area contributed by atoms with Gasteiger partial charge in [-0.3, -0.25) is 4.79 Å². The fourth-order valence-corrected chi connectivity index (χ4v) is 12.3. The first kappa shape index (κ1) is 27.0. The van der Waals surface area contributed by atoms with Crippen LogP contribution in [0.5, 0.6) is 0 Å². The lowest BCUT2D eigenvalue weighted by Gasteiger charge is -2.73. The molecule has 5 aliphatic rings. The molecule has 0 heterocycles. The molecule has 0 bridgehead atoms. The van der Waals surface area contributed by atoms with Crippen LogP contribution in [0.4, 0.5) is 0 Å². The summed E-state index contributed by atoms with van der Waals surface area (Å²) in [5, 5.41) is 0. The van der Waals surface area contributed by atoms with E-state index in [-0.39, 0.29) is 34.2 Å². The number of ether oxygens (including phenoxy) is 1. The first-order chi connectivity index (χ1) is 16.6. The molecule has 36 heavy (non-hydrogen) atoms. The number of carbonyl (C=O) groups is 2. The van der Waals surface area contributed by atoms with Crippen LogP contribution in [-0.2, 0) is 14.3 Å². The molecule has 5 aliphatic carbocycles. The highest BCUT2D eigenvalue weighted by atomic mass is 35.5. The third-order valence-electron chi connectivity index (χ3n) is 14.1. The standard InChI is InChI=1S/C32H51ClO3/c1-20(35)36-25-13-15-29(5)23(27(25,2)3)12-16-31(7)24(29)10-9-21-26-22(32(8,33)19-34)11-14-28(26,4)17-18-30(21,31)6/h19,21-26H,9-18H2,1-8H3/t21-,22-,23+,24-,25+,26+,28-,29+,30-,31-,32?/m1/s1. The Labute approximate surface area is 225 Å². The van der Waals surface area contributed by atoms with E-state index in [1.165, 1.54) is 44.9 Å². The van der Waals surface area contributed by atoms with Gasteiger partial charge in [-0.2, -0.15) is 0 Å². The zero-order valence-corrected chi connectivity index (χ0v) is 25.0. The summed E-state index contributed by atoms with van der Waals surface area (Å²) in [7, 11) is 0. The van der Waals surface area contributed by atoms with Crippen molar-refractivity contribution < 1.29 is 14.3 Å². The Morgan fingerprint density at radius 3 is 2.19 bits per heavy atom. The van der Waals surface area contributed by atoms with Crippen molar-refractivity contribution in [2.45, 2.75) is 131 Å². The second-order valence-corrected chi connectivity index (χ2v) is 16.5. The maximum Gasteiger partial charge on any atom is 0.302 e. The topological polar surface area (TPSA) is 43.4 Å². The number of fused-ring (bicyclic) bond motifs is 7. The van der Waals surface area contributed by atoms with Crippen molar-refractivity contribution in [1.29, 1.82) is 0 Å². The lowest BCUT2D eigenvalue weighted by atomic mass is 9.32. The molecule has 0 radical (unpaired) electrons. The molecule has 0 spiro atoms. The van der Waals surface area contributed by atoms with Crippen LogP contribution >= 0.6 is 11.6 Å². The molecule has 0 N–H and O–H groups in total. The minimum atomic E-state index is -0.749. The number of alkyl halides is 1. The van der Waals surface area contributed by atoms with E-state index in [9.17, 15) is 9.59 Å². The maximum absolute atomic E-state index is 12.1. The molecule has 0 saturated heterocycles. The second-order valence-electron chi connectivity index (χ2n) is 15.7. The minimum Gasteiger partial charge on any atom is -0.462 e. The molecule has 4 heteroatoms. The highest BCUT2D eigenvalue weighted by Gasteiger charge is 2.71. The fourth-order valence-electron chi connectivity index (χ4n) is 12.0. The van der Waals surface area contributed by atoms with E-state index in [0.29, 0.717) is 34.5 Å². The summed E-state index contributed by atoms with van der Waals surface area (Å²) in [6.07, 6.45) is 13.2. The highest BCUT2D eigenvalue weighted by Crippen LogP contribution is 2.77. The Morgan fingerprint density at radius 1 is 0.861 bits per heavy atom. The Bertz CT molecular complexity index is 926. The molecule has 0 aliphatic heterocycles. The smallest absolute Gasteiger partial charge is 0.302 e. The molecule has 11 atom stereocenters. The third kappa shape index (κ3) is 3.42. The van der Waals surface area contributed by atoms with Gasteiger partial charge in [-0.1, -0.05) is 41.5 Å². The van der Waals surface area contributed by atoms with Crippen LogP contribution in [0.2, 0.25) is 0 Å². The number of rotatable bonds is 3. The van der Waals surface area contributed by atoms with Crippen molar-refractivity contribution in [3.8, 4) is 0 Å². The van der Waals surface area contributed by atoms with Crippen LogP contribution in [0.3, 0.4) is 0 Å². The number of halogens is 1. The Kier molecular flexibility index (Phi) is 6.17. The van der Waals surface area contributed by atoms with E-state index in [0.717, 1.165) is 25.5 Å². The second kappa shape index (κ2) is 8.22. The molecule has 0 aromatic rings. The third-order valence-corrected chi connectivity index (χ3v) is 14.4. The molecule has 5 saturated carbocycles. The van der Waals surface area contributed by atoms with Gasteiger partial charge in [0.2, 0.25) is 0 Å². The predicted molar refractivity (Wildman–Crippen MR) is 146 cm³/mol. The van der Waals surface area contributed by atoms with E-state index < -0.39 is 4.87 Å². The largest absolute Gasteiger partial charge is 0.462 e. The molecule has 0 aromatic carbocycles. The summed E-state index contributed by atoms with van der Waals surface area (Å²) >= 11 is 6.95. The molecule has 5 rings (SSSR count). The van der Waals surface area contributed by atoms with Gasteiger partial charge in [0.1, 0.15) is 17.3 Å². The van der Waals surface area contributed by atoms with Crippen LogP contribution in [0.25, 0.3) is 0 Å². The number of esters is 1. The van der Waals surface area contributed by atoms with Gasteiger partial charge < -0.3 is 9.53 Å². The first-order valence-electron chi connectivity index (χ1n) is 14.9. The molecule has 3 nitrogen and oxygen atoms in total. The summed E-state index contributed by atoms with van der Waals surface area (Å²) in [6, 6.07) is 0. The van der Waals surface area contributed by atoms with Gasteiger partial charge in [0.15, 0.2) is 0 Å². The van der Waals surface area contributed by atoms with Crippen LogP contribution in [0, 0.1) is 56.7 Å². The first-order valence-corrected chi connectivity index (χ1v) is 15.3. The summed E-state index contributed by atoms with van der Waals surface area (Å²) < 4.78 is 5.90. The normalized spacial score (nSPS) is 53.1. The zero-order valence-electron chi connectivity index (χ0n) is 24.2. The summed E-state index contributed by atoms with van der Waals surface area (Å²) in [5.41, 5.74) is 1.18. The van der Waals surface area contributed by atoms with E-state index in [4.69, 9.17) is 16.3 Å². The minimum absolute atomic E-state index is 0.00381. The SMILES string of the molecule is CC(=O)O[C@H]1CC[C@]2(C)[C@H]3CC[C@@H]4[C@H]5[C@H](C(C)(Cl)C=O)CC[C@]5(C)CC[C@@]4(C)[C@]3(C)CC[C@H]2C1(C)C. The number of hydrogen-bond acceptors (Lipinski definition) is 3. The average molecular weight is 519 g/mol. The van der Waals surface area contributed by atoms with Gasteiger partial charge in [0, 0.05) is 12.3 Å². The van der Waals surface area contributed by atoms with Crippen LogP contribution < -0.4 is 0 Å². The molecule has 0 aromatic heterocycles. The van der Waals surface area contributed by atoms with Crippen molar-refractivity contribution >= 4 is 23.9 Å². The van der Waals surface area contributed by atoms with Crippen molar-refractivity contribution in [1.82, 2.24) is 0 Å². The molecule has 204 valence electrons. The van der Waals surface area contributed by atoms with Crippen molar-refractivity contribution in [2.24, 2.45) is 56.7 Å². The zero-order chi connectivity index (χ0) is 26.5. The van der Waals surface area contributed by atoms with Gasteiger partial charge in [-0.05, 0) is 122 Å². The Hall–Kier alpha value is -0.570. The molecule has 1 unspecified atom stereocenters. The Balaban J connectivity index is 1.50. The van der Waals surface area contributed by atoms with E-state index in [2.05, 4.69) is 41.5 Å². The van der Waals surface area contributed by atoms with Gasteiger partial charge in [0.05, 0.1) is 0 Å². The summed E-state index contributed by atoms with van der Waals surface area (Å²) in [5.74, 6) is 2.62. The van der Waals surface area contributed by atoms with Crippen LogP contribution in [0.15, 0.2) is 0 Å². The van der Waals surface area contributed by atoms with Crippen molar-refractivity contribution in [3.05, 3.63) is 0 Å². The van der Waals surface area contributed by atoms with Crippen LogP contribution in [-0.4, -0.2) is 23.2 Å². The monoisotopic (exact) mass is 518 g/mol. The summed E-state index contributed by atoms with van der Waals surface area (Å²) in [6.45, 7) is 18.7. The fraction of sp³-hybridized carbons (Fsp3) is 0.938. The number of aldehydes is 1.